The van der Waals surface area contributed by atoms with Crippen molar-refractivity contribution in [3.8, 4) is 11.5 Å². The van der Waals surface area contributed by atoms with E-state index in [9.17, 15) is 9.18 Å². The van der Waals surface area contributed by atoms with Crippen LogP contribution in [-0.2, 0) is 6.42 Å². The lowest BCUT2D eigenvalue weighted by atomic mass is 10.1. The van der Waals surface area contributed by atoms with Gasteiger partial charge in [0, 0.05) is 23.4 Å². The van der Waals surface area contributed by atoms with Crippen LogP contribution in [0.3, 0.4) is 0 Å². The summed E-state index contributed by atoms with van der Waals surface area (Å²) in [5.74, 6) is 0.112. The predicted octanol–water partition coefficient (Wildman–Crippen LogP) is 4.79. The van der Waals surface area contributed by atoms with Crippen molar-refractivity contribution in [1.82, 2.24) is 5.16 Å². The van der Waals surface area contributed by atoms with Gasteiger partial charge in [0.25, 0.3) is 0 Å². The lowest BCUT2D eigenvalue weighted by Crippen LogP contribution is -2.08. The molecule has 0 saturated carbocycles. The molecular formula is C22H16FNO4. The average Bonchev–Trinajstić information content (AvgIpc) is 3.11. The van der Waals surface area contributed by atoms with E-state index in [1.54, 1.807) is 25.3 Å². The van der Waals surface area contributed by atoms with Crippen LogP contribution in [0.1, 0.15) is 21.6 Å². The van der Waals surface area contributed by atoms with Gasteiger partial charge in [-0.25, -0.2) is 9.18 Å². The molecule has 0 unspecified atom stereocenters. The van der Waals surface area contributed by atoms with E-state index in [1.165, 1.54) is 24.3 Å². The molecule has 0 bridgehead atoms. The Balaban J connectivity index is 1.56. The van der Waals surface area contributed by atoms with Crippen molar-refractivity contribution in [2.45, 2.75) is 6.42 Å². The molecule has 3 aromatic carbocycles. The number of ether oxygens (including phenoxy) is 2. The Hall–Kier alpha value is -3.67. The Morgan fingerprint density at radius 3 is 2.64 bits per heavy atom. The largest absolute Gasteiger partial charge is 0.496 e. The van der Waals surface area contributed by atoms with E-state index in [0.29, 0.717) is 17.8 Å². The summed E-state index contributed by atoms with van der Waals surface area (Å²) >= 11 is 0. The van der Waals surface area contributed by atoms with Gasteiger partial charge >= 0.3 is 5.97 Å². The summed E-state index contributed by atoms with van der Waals surface area (Å²) in [6.07, 6.45) is 0.547. The first-order valence-electron chi connectivity index (χ1n) is 8.62. The fraction of sp³-hybridized carbons (Fsp3) is 0.0909. The molecule has 0 saturated heterocycles. The van der Waals surface area contributed by atoms with Gasteiger partial charge in [0.05, 0.1) is 18.4 Å². The summed E-state index contributed by atoms with van der Waals surface area (Å²) < 4.78 is 29.1. The van der Waals surface area contributed by atoms with Gasteiger partial charge in [-0.15, -0.1) is 0 Å². The molecule has 0 atom stereocenters. The topological polar surface area (TPSA) is 61.6 Å². The van der Waals surface area contributed by atoms with Crippen LogP contribution in [0.4, 0.5) is 4.39 Å². The summed E-state index contributed by atoms with van der Waals surface area (Å²) in [7, 11) is 1.63. The van der Waals surface area contributed by atoms with Crippen LogP contribution >= 0.6 is 0 Å². The molecule has 0 N–H and O–H groups in total. The zero-order valence-corrected chi connectivity index (χ0v) is 15.0. The number of fused-ring (bicyclic) bond motifs is 1. The molecule has 4 aromatic rings. The standard InChI is InChI=1S/C22H16FNO4/c1-26-20-5-3-2-4-15(20)12-19-18-11-10-17(13-21(18)28-24-19)27-22(25)14-6-8-16(23)9-7-14/h2-11,13H,12H2,1H3. The minimum Gasteiger partial charge on any atom is -0.496 e. The number of carbonyl (C=O) groups is 1. The number of benzene rings is 3. The monoisotopic (exact) mass is 377 g/mol. The normalized spacial score (nSPS) is 10.8. The number of halogens is 1. The second kappa shape index (κ2) is 7.52. The van der Waals surface area contributed by atoms with Crippen molar-refractivity contribution >= 4 is 16.9 Å². The molecule has 0 fully saturated rings. The van der Waals surface area contributed by atoms with Crippen LogP contribution in [-0.4, -0.2) is 18.2 Å². The molecule has 4 rings (SSSR count). The Bertz CT molecular complexity index is 1130. The summed E-state index contributed by atoms with van der Waals surface area (Å²) in [6, 6.07) is 17.9. The van der Waals surface area contributed by atoms with Crippen molar-refractivity contribution < 1.29 is 23.2 Å². The minimum atomic E-state index is -0.576. The molecule has 0 aliphatic carbocycles. The van der Waals surface area contributed by atoms with E-state index in [2.05, 4.69) is 5.16 Å². The Morgan fingerprint density at radius 2 is 1.86 bits per heavy atom. The van der Waals surface area contributed by atoms with Crippen LogP contribution in [0.2, 0.25) is 0 Å². The fourth-order valence-corrected chi connectivity index (χ4v) is 2.94. The molecule has 140 valence electrons. The summed E-state index contributed by atoms with van der Waals surface area (Å²) in [6.45, 7) is 0. The van der Waals surface area contributed by atoms with E-state index in [-0.39, 0.29) is 5.56 Å². The number of methoxy groups -OCH3 is 1. The highest BCUT2D eigenvalue weighted by Crippen LogP contribution is 2.28. The number of nitrogens with zero attached hydrogens (tertiary/aromatic N) is 1. The van der Waals surface area contributed by atoms with E-state index in [0.717, 1.165) is 22.4 Å². The number of esters is 1. The predicted molar refractivity (Wildman–Crippen MR) is 101 cm³/mol. The summed E-state index contributed by atoms with van der Waals surface area (Å²) in [4.78, 5) is 12.2. The quantitative estimate of drug-likeness (QED) is 0.370. The first kappa shape index (κ1) is 17.7. The second-order valence-electron chi connectivity index (χ2n) is 6.17. The van der Waals surface area contributed by atoms with Crippen molar-refractivity contribution in [2.24, 2.45) is 0 Å². The Morgan fingerprint density at radius 1 is 1.07 bits per heavy atom. The molecule has 0 aliphatic heterocycles. The highest BCUT2D eigenvalue weighted by Gasteiger charge is 2.14. The number of aromatic nitrogens is 1. The SMILES string of the molecule is COc1ccccc1Cc1noc2cc(OC(=O)c3ccc(F)cc3)ccc12. The number of carbonyl (C=O) groups excluding carboxylic acids is 1. The highest BCUT2D eigenvalue weighted by molar-refractivity contribution is 5.91. The van der Waals surface area contributed by atoms with Gasteiger partial charge in [-0.05, 0) is 42.5 Å². The maximum absolute atomic E-state index is 13.0. The van der Waals surface area contributed by atoms with E-state index in [1.807, 2.05) is 24.3 Å². The summed E-state index contributed by atoms with van der Waals surface area (Å²) in [5.41, 5.74) is 2.52. The average molecular weight is 377 g/mol. The van der Waals surface area contributed by atoms with Gasteiger partial charge in [-0.1, -0.05) is 23.4 Å². The van der Waals surface area contributed by atoms with Gasteiger partial charge in [-0.3, -0.25) is 0 Å². The first-order valence-corrected chi connectivity index (χ1v) is 8.62. The Kier molecular flexibility index (Phi) is 4.76. The molecule has 1 heterocycles. The smallest absolute Gasteiger partial charge is 0.343 e. The number of para-hydroxylation sites is 1. The number of hydrogen-bond acceptors (Lipinski definition) is 5. The molecule has 28 heavy (non-hydrogen) atoms. The van der Waals surface area contributed by atoms with E-state index >= 15 is 0 Å². The fourth-order valence-electron chi connectivity index (χ4n) is 2.94. The van der Waals surface area contributed by atoms with E-state index < -0.39 is 11.8 Å². The van der Waals surface area contributed by atoms with Crippen LogP contribution in [0, 0.1) is 5.82 Å². The maximum Gasteiger partial charge on any atom is 0.343 e. The zero-order valence-electron chi connectivity index (χ0n) is 15.0. The zero-order chi connectivity index (χ0) is 19.5. The maximum atomic E-state index is 13.0. The molecular weight excluding hydrogens is 361 g/mol. The third-order valence-corrected chi connectivity index (χ3v) is 4.36. The molecule has 0 amide bonds. The molecule has 0 spiro atoms. The van der Waals surface area contributed by atoms with Gasteiger partial charge in [0.15, 0.2) is 5.58 Å². The molecule has 6 heteroatoms. The van der Waals surface area contributed by atoms with Gasteiger partial charge < -0.3 is 14.0 Å². The van der Waals surface area contributed by atoms with Crippen molar-refractivity contribution in [3.63, 3.8) is 0 Å². The molecule has 5 nitrogen and oxygen atoms in total. The van der Waals surface area contributed by atoms with Crippen molar-refractivity contribution in [1.29, 1.82) is 0 Å². The molecule has 0 radical (unpaired) electrons. The lowest BCUT2D eigenvalue weighted by Gasteiger charge is -2.06. The lowest BCUT2D eigenvalue weighted by molar-refractivity contribution is 0.0735. The number of rotatable bonds is 5. The van der Waals surface area contributed by atoms with Crippen molar-refractivity contribution in [3.05, 3.63) is 89.4 Å². The Labute approximate surface area is 160 Å². The number of hydrogen-bond donors (Lipinski definition) is 0. The third kappa shape index (κ3) is 3.57. The van der Waals surface area contributed by atoms with Crippen LogP contribution in [0.25, 0.3) is 11.0 Å². The van der Waals surface area contributed by atoms with Gasteiger partial charge in [-0.2, -0.15) is 0 Å². The first-order chi connectivity index (χ1) is 13.6. The van der Waals surface area contributed by atoms with Crippen LogP contribution < -0.4 is 9.47 Å². The molecule has 0 aliphatic rings. The summed E-state index contributed by atoms with van der Waals surface area (Å²) in [5, 5.41) is 4.97. The van der Waals surface area contributed by atoms with Crippen LogP contribution in [0.5, 0.6) is 11.5 Å². The molecule has 1 aromatic heterocycles. The van der Waals surface area contributed by atoms with Gasteiger partial charge in [0.1, 0.15) is 17.3 Å². The second-order valence-corrected chi connectivity index (χ2v) is 6.17. The third-order valence-electron chi connectivity index (χ3n) is 4.36. The van der Waals surface area contributed by atoms with E-state index in [4.69, 9.17) is 14.0 Å². The minimum absolute atomic E-state index is 0.260. The van der Waals surface area contributed by atoms with Crippen molar-refractivity contribution in [2.75, 3.05) is 7.11 Å². The highest BCUT2D eigenvalue weighted by atomic mass is 19.1. The van der Waals surface area contributed by atoms with Gasteiger partial charge in [0.2, 0.25) is 0 Å². The van der Waals surface area contributed by atoms with Crippen LogP contribution in [0.15, 0.2) is 71.3 Å².